The summed E-state index contributed by atoms with van der Waals surface area (Å²) in [4.78, 5) is 16.5. The van der Waals surface area contributed by atoms with Crippen molar-refractivity contribution in [1.29, 1.82) is 0 Å². The van der Waals surface area contributed by atoms with Crippen LogP contribution in [0.1, 0.15) is 5.69 Å². The van der Waals surface area contributed by atoms with Gasteiger partial charge in [-0.1, -0.05) is 11.5 Å². The van der Waals surface area contributed by atoms with Gasteiger partial charge in [0.05, 0.1) is 11.0 Å². The van der Waals surface area contributed by atoms with Crippen molar-refractivity contribution in [3.63, 3.8) is 0 Å². The van der Waals surface area contributed by atoms with E-state index in [0.29, 0.717) is 0 Å². The minimum absolute atomic E-state index is 0.00641. The summed E-state index contributed by atoms with van der Waals surface area (Å²) in [6.07, 6.45) is -4.77. The van der Waals surface area contributed by atoms with Gasteiger partial charge in [-0.05, 0) is 12.1 Å². The molecule has 7 heteroatoms. The zero-order chi connectivity index (χ0) is 11.9. The Morgan fingerprint density at radius 1 is 1.31 bits per heavy atom. The highest BCUT2D eigenvalue weighted by Gasteiger charge is 2.36. The molecule has 0 fully saturated rings. The number of benzene rings is 1. The summed E-state index contributed by atoms with van der Waals surface area (Å²) >= 11 is 0. The fourth-order valence-corrected chi connectivity index (χ4v) is 1.29. The molecular formula is C9H4BF3N2O. The van der Waals surface area contributed by atoms with E-state index in [4.69, 9.17) is 7.85 Å². The van der Waals surface area contributed by atoms with Gasteiger partial charge in [0.25, 0.3) is 5.56 Å². The number of nitrogens with one attached hydrogen (secondary N) is 1. The molecule has 0 saturated heterocycles. The highest BCUT2D eigenvalue weighted by atomic mass is 19.4. The van der Waals surface area contributed by atoms with E-state index < -0.39 is 17.4 Å². The van der Waals surface area contributed by atoms with Gasteiger partial charge in [-0.2, -0.15) is 13.2 Å². The Balaban J connectivity index is 2.79. The molecule has 0 aliphatic heterocycles. The van der Waals surface area contributed by atoms with Crippen LogP contribution in [-0.2, 0) is 6.18 Å². The molecule has 0 aliphatic rings. The number of alkyl halides is 3. The Labute approximate surface area is 88.7 Å². The summed E-state index contributed by atoms with van der Waals surface area (Å²) in [5, 5.41) is 0. The number of fused-ring (bicyclic) bond motifs is 1. The first-order chi connectivity index (χ1) is 7.38. The molecule has 2 radical (unpaired) electrons. The van der Waals surface area contributed by atoms with E-state index in [-0.39, 0.29) is 16.5 Å². The molecule has 0 unspecified atom stereocenters. The van der Waals surface area contributed by atoms with Gasteiger partial charge in [-0.3, -0.25) is 4.79 Å². The lowest BCUT2D eigenvalue weighted by atomic mass is 9.96. The van der Waals surface area contributed by atoms with Crippen LogP contribution in [-0.4, -0.2) is 17.8 Å². The van der Waals surface area contributed by atoms with Crippen molar-refractivity contribution in [1.82, 2.24) is 9.97 Å². The normalized spacial score (nSPS) is 11.9. The molecule has 2 rings (SSSR count). The molecule has 0 spiro atoms. The van der Waals surface area contributed by atoms with Crippen molar-refractivity contribution in [2.45, 2.75) is 6.18 Å². The van der Waals surface area contributed by atoms with Crippen molar-refractivity contribution in [3.05, 3.63) is 34.2 Å². The van der Waals surface area contributed by atoms with E-state index in [1.807, 2.05) is 0 Å². The maximum Gasteiger partial charge on any atom is 0.438 e. The van der Waals surface area contributed by atoms with Crippen molar-refractivity contribution in [2.24, 2.45) is 0 Å². The second-order valence-corrected chi connectivity index (χ2v) is 3.19. The molecule has 1 heterocycles. The molecule has 80 valence electrons. The van der Waals surface area contributed by atoms with Crippen LogP contribution >= 0.6 is 0 Å². The predicted molar refractivity (Wildman–Crippen MR) is 52.8 cm³/mol. The minimum atomic E-state index is -4.77. The largest absolute Gasteiger partial charge is 0.438 e. The molecule has 0 saturated carbocycles. The van der Waals surface area contributed by atoms with Gasteiger partial charge in [0.2, 0.25) is 5.69 Å². The van der Waals surface area contributed by atoms with Crippen LogP contribution in [0.2, 0.25) is 0 Å². The van der Waals surface area contributed by atoms with E-state index in [0.717, 1.165) is 0 Å². The molecule has 0 amide bonds. The average molecular weight is 224 g/mol. The highest BCUT2D eigenvalue weighted by molar-refractivity contribution is 6.33. The van der Waals surface area contributed by atoms with E-state index in [1.165, 1.54) is 18.2 Å². The van der Waals surface area contributed by atoms with Gasteiger partial charge in [0, 0.05) is 0 Å². The van der Waals surface area contributed by atoms with Gasteiger partial charge in [-0.15, -0.1) is 0 Å². The number of H-pyrrole nitrogens is 1. The Hall–Kier alpha value is -1.79. The Bertz CT molecular complexity index is 606. The van der Waals surface area contributed by atoms with Crippen LogP contribution in [0.4, 0.5) is 13.2 Å². The standard InChI is InChI=1S/C9H4BF3N2O/c10-4-1-2-5-6(3-4)14-7(8(16)15-5)9(11,12)13/h1-3H,(H,15,16). The molecule has 1 N–H and O–H groups in total. The number of hydrogen-bond donors (Lipinski definition) is 1. The fraction of sp³-hybridized carbons (Fsp3) is 0.111. The summed E-state index contributed by atoms with van der Waals surface area (Å²) < 4.78 is 37.1. The van der Waals surface area contributed by atoms with Gasteiger partial charge in [0.15, 0.2) is 0 Å². The number of nitrogens with zero attached hydrogens (tertiary/aromatic N) is 1. The van der Waals surface area contributed by atoms with Crippen LogP contribution in [0, 0.1) is 0 Å². The number of hydrogen-bond acceptors (Lipinski definition) is 2. The maximum atomic E-state index is 12.4. The first-order valence-electron chi connectivity index (χ1n) is 4.24. The monoisotopic (exact) mass is 224 g/mol. The molecule has 16 heavy (non-hydrogen) atoms. The lowest BCUT2D eigenvalue weighted by Gasteiger charge is -2.06. The van der Waals surface area contributed by atoms with Crippen molar-refractivity contribution in [3.8, 4) is 0 Å². The summed E-state index contributed by atoms with van der Waals surface area (Å²) in [6.45, 7) is 0. The van der Waals surface area contributed by atoms with E-state index in [1.54, 1.807) is 0 Å². The third-order valence-electron chi connectivity index (χ3n) is 1.99. The van der Waals surface area contributed by atoms with Crippen LogP contribution < -0.4 is 11.0 Å². The zero-order valence-electron chi connectivity index (χ0n) is 7.80. The minimum Gasteiger partial charge on any atom is -0.319 e. The smallest absolute Gasteiger partial charge is 0.319 e. The first kappa shape index (κ1) is 10.7. The number of aromatic amines is 1. The Morgan fingerprint density at radius 2 is 2.00 bits per heavy atom. The maximum absolute atomic E-state index is 12.4. The second-order valence-electron chi connectivity index (χ2n) is 3.19. The van der Waals surface area contributed by atoms with Crippen molar-refractivity contribution < 1.29 is 13.2 Å². The summed E-state index contributed by atoms with van der Waals surface area (Å²) in [5.41, 5.74) is -2.23. The molecule has 3 nitrogen and oxygen atoms in total. The van der Waals surface area contributed by atoms with Crippen molar-refractivity contribution >= 4 is 24.3 Å². The summed E-state index contributed by atoms with van der Waals surface area (Å²) in [6, 6.07) is 4.13. The van der Waals surface area contributed by atoms with Crippen molar-refractivity contribution in [2.75, 3.05) is 0 Å². The third-order valence-corrected chi connectivity index (χ3v) is 1.99. The second kappa shape index (κ2) is 3.36. The predicted octanol–water partition coefficient (Wildman–Crippen LogP) is 0.736. The first-order valence-corrected chi connectivity index (χ1v) is 4.24. The van der Waals surface area contributed by atoms with Gasteiger partial charge >= 0.3 is 6.18 Å². The van der Waals surface area contributed by atoms with E-state index in [9.17, 15) is 18.0 Å². The van der Waals surface area contributed by atoms with Gasteiger partial charge in [0.1, 0.15) is 7.85 Å². The van der Waals surface area contributed by atoms with E-state index >= 15 is 0 Å². The molecular weight excluding hydrogens is 220 g/mol. The van der Waals surface area contributed by atoms with Crippen LogP contribution in [0.25, 0.3) is 11.0 Å². The SMILES string of the molecule is [B]c1ccc2[nH]c(=O)c(C(F)(F)F)nc2c1. The summed E-state index contributed by atoms with van der Waals surface area (Å²) in [5.74, 6) is 0. The summed E-state index contributed by atoms with van der Waals surface area (Å²) in [7, 11) is 5.41. The average Bonchev–Trinajstić information content (AvgIpc) is 2.16. The van der Waals surface area contributed by atoms with E-state index in [2.05, 4.69) is 9.97 Å². The van der Waals surface area contributed by atoms with Crippen LogP contribution in [0.3, 0.4) is 0 Å². The molecule has 0 bridgehead atoms. The molecule has 1 aromatic heterocycles. The zero-order valence-corrected chi connectivity index (χ0v) is 7.80. The lowest BCUT2D eigenvalue weighted by Crippen LogP contribution is -2.24. The number of aromatic nitrogens is 2. The van der Waals surface area contributed by atoms with Crippen LogP contribution in [0.5, 0.6) is 0 Å². The molecule has 2 aromatic rings. The number of halogens is 3. The molecule has 0 aliphatic carbocycles. The fourth-order valence-electron chi connectivity index (χ4n) is 1.29. The number of rotatable bonds is 0. The van der Waals surface area contributed by atoms with Crippen LogP contribution in [0.15, 0.2) is 23.0 Å². The topological polar surface area (TPSA) is 45.8 Å². The van der Waals surface area contributed by atoms with Gasteiger partial charge in [-0.25, -0.2) is 4.98 Å². The Morgan fingerprint density at radius 3 is 2.62 bits per heavy atom. The third kappa shape index (κ3) is 1.80. The molecule has 0 atom stereocenters. The lowest BCUT2D eigenvalue weighted by molar-refractivity contribution is -0.142. The molecule has 1 aromatic carbocycles. The Kier molecular flexibility index (Phi) is 2.25. The highest BCUT2D eigenvalue weighted by Crippen LogP contribution is 2.25. The quantitative estimate of drug-likeness (QED) is 0.670. The van der Waals surface area contributed by atoms with Gasteiger partial charge < -0.3 is 4.98 Å².